The number of carbonyl (C=O) groups is 2. The summed E-state index contributed by atoms with van der Waals surface area (Å²) >= 11 is 1.41. The van der Waals surface area contributed by atoms with Crippen LogP contribution < -0.4 is 5.32 Å². The van der Waals surface area contributed by atoms with Gasteiger partial charge in [-0.1, -0.05) is 25.3 Å². The molecule has 2 aromatic rings. The summed E-state index contributed by atoms with van der Waals surface area (Å²) in [5.41, 5.74) is 0.556. The lowest BCUT2D eigenvalue weighted by molar-refractivity contribution is -0.121. The lowest BCUT2D eigenvalue weighted by Crippen LogP contribution is -2.43. The number of nitrogens with zero attached hydrogens (tertiary/aromatic N) is 2. The van der Waals surface area contributed by atoms with Gasteiger partial charge in [-0.25, -0.2) is 8.42 Å². The van der Waals surface area contributed by atoms with Crippen LogP contribution in [0.5, 0.6) is 0 Å². The summed E-state index contributed by atoms with van der Waals surface area (Å²) in [4.78, 5) is 28.1. The molecule has 0 spiro atoms. The maximum Gasteiger partial charge on any atom is 0.263 e. The number of likely N-dealkylation sites (tertiary alicyclic amines) is 1. The zero-order chi connectivity index (χ0) is 23.4. The van der Waals surface area contributed by atoms with Crippen LogP contribution in [0.3, 0.4) is 0 Å². The van der Waals surface area contributed by atoms with E-state index in [4.69, 9.17) is 0 Å². The van der Waals surface area contributed by atoms with Crippen molar-refractivity contribution in [1.82, 2.24) is 9.21 Å². The summed E-state index contributed by atoms with van der Waals surface area (Å²) in [6.45, 7) is 1.04. The number of rotatable bonds is 6. The van der Waals surface area contributed by atoms with Crippen LogP contribution in [0.15, 0.2) is 46.7 Å². The van der Waals surface area contributed by atoms with Crippen molar-refractivity contribution in [2.75, 3.05) is 25.5 Å². The van der Waals surface area contributed by atoms with Gasteiger partial charge in [-0.2, -0.15) is 4.31 Å². The molecule has 0 bridgehead atoms. The van der Waals surface area contributed by atoms with Crippen molar-refractivity contribution in [2.45, 2.75) is 55.9 Å². The monoisotopic (exact) mass is 489 g/mol. The van der Waals surface area contributed by atoms with Gasteiger partial charge in [0.15, 0.2) is 0 Å². The Balaban J connectivity index is 1.37. The first kappa shape index (κ1) is 23.9. The number of thiophene rings is 1. The standard InChI is InChI=1S/C24H31N3O4S2/c1-26(20-8-3-2-4-9-20)33(30,31)21-13-11-19(12-14-21)25-23(28)18-7-5-15-27(17-18)24(29)22-10-6-16-32-22/h6,10-14,16,18,20H,2-5,7-9,15,17H2,1H3,(H,25,28). The summed E-state index contributed by atoms with van der Waals surface area (Å²) in [5, 5.41) is 4.77. The van der Waals surface area contributed by atoms with Gasteiger partial charge in [-0.05, 0) is 61.4 Å². The number of hydrogen-bond donors (Lipinski definition) is 1. The third-order valence-corrected chi connectivity index (χ3v) is 9.48. The largest absolute Gasteiger partial charge is 0.337 e. The number of carbonyl (C=O) groups excluding carboxylic acids is 2. The molecule has 1 atom stereocenters. The Morgan fingerprint density at radius 3 is 2.42 bits per heavy atom. The normalized spacial score (nSPS) is 20.1. The molecule has 1 aliphatic carbocycles. The third-order valence-electron chi connectivity index (χ3n) is 6.70. The van der Waals surface area contributed by atoms with E-state index in [2.05, 4.69) is 5.32 Å². The molecule has 7 nitrogen and oxygen atoms in total. The number of nitrogens with one attached hydrogen (secondary N) is 1. The molecular formula is C24H31N3O4S2. The van der Waals surface area contributed by atoms with Crippen molar-refractivity contribution in [3.8, 4) is 0 Å². The lowest BCUT2D eigenvalue weighted by atomic mass is 9.96. The Bertz CT molecular complexity index is 1060. The summed E-state index contributed by atoms with van der Waals surface area (Å²) in [6, 6.07) is 10.1. The summed E-state index contributed by atoms with van der Waals surface area (Å²) in [5.74, 6) is -0.462. The van der Waals surface area contributed by atoms with Crippen LogP contribution in [0.25, 0.3) is 0 Å². The molecule has 2 fully saturated rings. The predicted molar refractivity (Wildman–Crippen MR) is 130 cm³/mol. The van der Waals surface area contributed by atoms with Crippen molar-refractivity contribution >= 4 is 38.9 Å². The van der Waals surface area contributed by atoms with Gasteiger partial charge in [0, 0.05) is 31.9 Å². The van der Waals surface area contributed by atoms with Gasteiger partial charge >= 0.3 is 0 Å². The van der Waals surface area contributed by atoms with E-state index in [9.17, 15) is 18.0 Å². The molecule has 1 unspecified atom stereocenters. The maximum atomic E-state index is 13.0. The second-order valence-electron chi connectivity index (χ2n) is 8.89. The third kappa shape index (κ3) is 5.47. The van der Waals surface area contributed by atoms with Gasteiger partial charge in [0.25, 0.3) is 5.91 Å². The minimum atomic E-state index is -3.57. The summed E-state index contributed by atoms with van der Waals surface area (Å²) in [6.07, 6.45) is 6.59. The second kappa shape index (κ2) is 10.4. The van der Waals surface area contributed by atoms with Crippen LogP contribution in [0, 0.1) is 5.92 Å². The molecule has 2 heterocycles. The molecule has 1 N–H and O–H groups in total. The molecule has 1 aromatic carbocycles. The van der Waals surface area contributed by atoms with Gasteiger partial charge in [0.05, 0.1) is 15.7 Å². The summed E-state index contributed by atoms with van der Waals surface area (Å²) < 4.78 is 27.5. The van der Waals surface area contributed by atoms with Gasteiger partial charge in [0.2, 0.25) is 15.9 Å². The van der Waals surface area contributed by atoms with E-state index in [1.54, 1.807) is 42.3 Å². The van der Waals surface area contributed by atoms with Crippen LogP contribution in [0.2, 0.25) is 0 Å². The van der Waals surface area contributed by atoms with Crippen LogP contribution in [-0.2, 0) is 14.8 Å². The fourth-order valence-electron chi connectivity index (χ4n) is 4.69. The zero-order valence-electron chi connectivity index (χ0n) is 18.9. The fourth-order valence-corrected chi connectivity index (χ4v) is 6.80. The van der Waals surface area contributed by atoms with Gasteiger partial charge in [-0.3, -0.25) is 9.59 Å². The zero-order valence-corrected chi connectivity index (χ0v) is 20.5. The first-order valence-electron chi connectivity index (χ1n) is 11.6. The van der Waals surface area contributed by atoms with Crippen molar-refractivity contribution < 1.29 is 18.0 Å². The van der Waals surface area contributed by atoms with E-state index in [0.29, 0.717) is 23.7 Å². The number of anilines is 1. The van der Waals surface area contributed by atoms with E-state index in [-0.39, 0.29) is 28.7 Å². The molecule has 1 aromatic heterocycles. The van der Waals surface area contributed by atoms with E-state index in [1.165, 1.54) is 22.1 Å². The average Bonchev–Trinajstić information content (AvgIpc) is 3.39. The Morgan fingerprint density at radius 1 is 1.03 bits per heavy atom. The molecule has 1 aliphatic heterocycles. The number of hydrogen-bond acceptors (Lipinski definition) is 5. The van der Waals surface area contributed by atoms with E-state index in [1.807, 2.05) is 11.4 Å². The first-order chi connectivity index (χ1) is 15.9. The molecule has 4 rings (SSSR count). The topological polar surface area (TPSA) is 86.8 Å². The van der Waals surface area contributed by atoms with Crippen molar-refractivity contribution in [3.05, 3.63) is 46.7 Å². The smallest absolute Gasteiger partial charge is 0.263 e. The highest BCUT2D eigenvalue weighted by Crippen LogP contribution is 2.27. The molecule has 178 valence electrons. The number of benzene rings is 1. The SMILES string of the molecule is CN(C1CCCCC1)S(=O)(=O)c1ccc(NC(=O)C2CCCN(C(=O)c3cccs3)C2)cc1. The predicted octanol–water partition coefficient (Wildman–Crippen LogP) is 4.19. The van der Waals surface area contributed by atoms with Crippen molar-refractivity contribution in [2.24, 2.45) is 5.92 Å². The first-order valence-corrected chi connectivity index (χ1v) is 13.9. The van der Waals surface area contributed by atoms with E-state index >= 15 is 0 Å². The Kier molecular flexibility index (Phi) is 7.51. The number of amides is 2. The Labute approximate surface area is 199 Å². The average molecular weight is 490 g/mol. The minimum absolute atomic E-state index is 0.0286. The number of piperidine rings is 1. The van der Waals surface area contributed by atoms with Crippen molar-refractivity contribution in [3.63, 3.8) is 0 Å². The number of sulfonamides is 1. The van der Waals surface area contributed by atoms with Crippen LogP contribution >= 0.6 is 11.3 Å². The fraction of sp³-hybridized carbons (Fsp3) is 0.500. The molecule has 2 aliphatic rings. The van der Waals surface area contributed by atoms with Gasteiger partial charge in [0.1, 0.15) is 0 Å². The van der Waals surface area contributed by atoms with Crippen LogP contribution in [-0.4, -0.2) is 55.6 Å². The van der Waals surface area contributed by atoms with E-state index in [0.717, 1.165) is 38.5 Å². The highest BCUT2D eigenvalue weighted by Gasteiger charge is 2.31. The van der Waals surface area contributed by atoms with E-state index < -0.39 is 10.0 Å². The molecule has 9 heteroatoms. The van der Waals surface area contributed by atoms with Crippen molar-refractivity contribution in [1.29, 1.82) is 0 Å². The maximum absolute atomic E-state index is 13.0. The molecule has 0 radical (unpaired) electrons. The summed E-state index contributed by atoms with van der Waals surface area (Å²) in [7, 11) is -1.91. The molecular weight excluding hydrogens is 458 g/mol. The molecule has 1 saturated heterocycles. The van der Waals surface area contributed by atoms with Gasteiger partial charge in [-0.15, -0.1) is 11.3 Å². The second-order valence-corrected chi connectivity index (χ2v) is 11.8. The Morgan fingerprint density at radius 2 is 1.76 bits per heavy atom. The van der Waals surface area contributed by atoms with Crippen LogP contribution in [0.4, 0.5) is 5.69 Å². The molecule has 1 saturated carbocycles. The lowest BCUT2D eigenvalue weighted by Gasteiger charge is -2.32. The molecule has 2 amide bonds. The highest BCUT2D eigenvalue weighted by molar-refractivity contribution is 7.89. The van der Waals surface area contributed by atoms with Gasteiger partial charge < -0.3 is 10.2 Å². The Hall–Kier alpha value is -2.23. The highest BCUT2D eigenvalue weighted by atomic mass is 32.2. The van der Waals surface area contributed by atoms with Crippen LogP contribution in [0.1, 0.15) is 54.6 Å². The molecule has 33 heavy (non-hydrogen) atoms. The minimum Gasteiger partial charge on any atom is -0.337 e. The quantitative estimate of drug-likeness (QED) is 0.659.